The van der Waals surface area contributed by atoms with Crippen LogP contribution in [0.3, 0.4) is 0 Å². The number of benzene rings is 1. The summed E-state index contributed by atoms with van der Waals surface area (Å²) in [5, 5.41) is 0. The molecule has 0 unspecified atom stereocenters. The second-order valence-electron chi connectivity index (χ2n) is 5.07. The van der Waals surface area contributed by atoms with Gasteiger partial charge >= 0.3 is 0 Å². The molecule has 0 aliphatic heterocycles. The van der Waals surface area contributed by atoms with Crippen LogP contribution < -0.4 is 10.5 Å². The van der Waals surface area contributed by atoms with E-state index in [0.717, 1.165) is 30.9 Å². The number of ether oxygens (including phenoxy) is 1. The Morgan fingerprint density at radius 3 is 2.56 bits per heavy atom. The Balaban J connectivity index is 2.77. The van der Waals surface area contributed by atoms with Crippen molar-refractivity contribution in [3.63, 3.8) is 0 Å². The lowest BCUT2D eigenvalue weighted by Gasteiger charge is -2.23. The van der Waals surface area contributed by atoms with E-state index in [1.807, 2.05) is 0 Å². The Kier molecular flexibility index (Phi) is 6.16. The average Bonchev–Trinajstić information content (AvgIpc) is 2.37. The number of hydrogen-bond acceptors (Lipinski definition) is 3. The van der Waals surface area contributed by atoms with E-state index < -0.39 is 0 Å². The van der Waals surface area contributed by atoms with E-state index in [0.29, 0.717) is 12.5 Å². The van der Waals surface area contributed by atoms with Gasteiger partial charge in [0.05, 0.1) is 7.11 Å². The zero-order valence-electron chi connectivity index (χ0n) is 12.1. The van der Waals surface area contributed by atoms with Crippen molar-refractivity contribution in [1.29, 1.82) is 0 Å². The molecule has 1 aromatic carbocycles. The van der Waals surface area contributed by atoms with E-state index in [1.54, 1.807) is 7.11 Å². The molecule has 0 saturated heterocycles. The Hall–Kier alpha value is -1.06. The lowest BCUT2D eigenvalue weighted by atomic mass is 10.1. The summed E-state index contributed by atoms with van der Waals surface area (Å²) < 4.78 is 5.37. The van der Waals surface area contributed by atoms with Crippen molar-refractivity contribution in [3.8, 4) is 5.75 Å². The normalized spacial score (nSPS) is 11.3. The summed E-state index contributed by atoms with van der Waals surface area (Å²) in [5.74, 6) is 1.59. The second kappa shape index (κ2) is 7.39. The number of methoxy groups -OCH3 is 1. The van der Waals surface area contributed by atoms with Gasteiger partial charge in [-0.15, -0.1) is 0 Å². The minimum atomic E-state index is 0.521. The van der Waals surface area contributed by atoms with Gasteiger partial charge in [0, 0.05) is 25.2 Å². The van der Waals surface area contributed by atoms with Gasteiger partial charge in [-0.25, -0.2) is 0 Å². The van der Waals surface area contributed by atoms with Crippen molar-refractivity contribution in [2.75, 3.05) is 20.2 Å². The first kappa shape index (κ1) is 15.0. The third-order valence-corrected chi connectivity index (χ3v) is 3.05. The SMILES string of the molecule is CCN(Cc1ccc(CN)c(OC)c1)CC(C)C. The number of hydrogen-bond donors (Lipinski definition) is 1. The van der Waals surface area contributed by atoms with Gasteiger partial charge in [-0.1, -0.05) is 32.9 Å². The first-order valence-electron chi connectivity index (χ1n) is 6.68. The van der Waals surface area contributed by atoms with E-state index in [1.165, 1.54) is 5.56 Å². The van der Waals surface area contributed by atoms with E-state index in [2.05, 4.69) is 43.9 Å². The van der Waals surface area contributed by atoms with Gasteiger partial charge in [-0.2, -0.15) is 0 Å². The highest BCUT2D eigenvalue weighted by atomic mass is 16.5. The maximum atomic E-state index is 5.68. The molecular weight excluding hydrogens is 224 g/mol. The van der Waals surface area contributed by atoms with Crippen LogP contribution in [-0.2, 0) is 13.1 Å². The minimum Gasteiger partial charge on any atom is -0.496 e. The number of nitrogens with zero attached hydrogens (tertiary/aromatic N) is 1. The van der Waals surface area contributed by atoms with Crippen molar-refractivity contribution in [2.24, 2.45) is 11.7 Å². The zero-order valence-corrected chi connectivity index (χ0v) is 12.1. The first-order chi connectivity index (χ1) is 8.60. The molecule has 3 nitrogen and oxygen atoms in total. The van der Waals surface area contributed by atoms with Crippen LogP contribution in [0.5, 0.6) is 5.75 Å². The van der Waals surface area contributed by atoms with Crippen molar-refractivity contribution in [1.82, 2.24) is 4.90 Å². The van der Waals surface area contributed by atoms with E-state index >= 15 is 0 Å². The largest absolute Gasteiger partial charge is 0.496 e. The molecule has 0 aliphatic rings. The van der Waals surface area contributed by atoms with Crippen LogP contribution in [0.1, 0.15) is 31.9 Å². The van der Waals surface area contributed by atoms with Gasteiger partial charge in [0.2, 0.25) is 0 Å². The maximum absolute atomic E-state index is 5.68. The van der Waals surface area contributed by atoms with Crippen LogP contribution in [0.4, 0.5) is 0 Å². The fourth-order valence-electron chi connectivity index (χ4n) is 2.14. The summed E-state index contributed by atoms with van der Waals surface area (Å²) >= 11 is 0. The molecule has 0 fully saturated rings. The van der Waals surface area contributed by atoms with Crippen LogP contribution in [-0.4, -0.2) is 25.1 Å². The second-order valence-corrected chi connectivity index (χ2v) is 5.07. The van der Waals surface area contributed by atoms with Crippen LogP contribution in [0.15, 0.2) is 18.2 Å². The predicted octanol–water partition coefficient (Wildman–Crippen LogP) is 2.63. The summed E-state index contributed by atoms with van der Waals surface area (Å²) in [6.07, 6.45) is 0. The quantitative estimate of drug-likeness (QED) is 0.808. The molecule has 1 rings (SSSR count). The molecule has 0 atom stereocenters. The molecule has 102 valence electrons. The van der Waals surface area contributed by atoms with Crippen LogP contribution in [0.2, 0.25) is 0 Å². The molecule has 0 amide bonds. The molecule has 2 N–H and O–H groups in total. The molecule has 0 spiro atoms. The molecule has 0 aromatic heterocycles. The highest BCUT2D eigenvalue weighted by Crippen LogP contribution is 2.20. The van der Waals surface area contributed by atoms with Gasteiger partial charge in [0.15, 0.2) is 0 Å². The van der Waals surface area contributed by atoms with Crippen molar-refractivity contribution >= 4 is 0 Å². The lowest BCUT2D eigenvalue weighted by Crippen LogP contribution is -2.27. The summed E-state index contributed by atoms with van der Waals surface area (Å²) in [5.41, 5.74) is 8.03. The Morgan fingerprint density at radius 1 is 1.33 bits per heavy atom. The lowest BCUT2D eigenvalue weighted by molar-refractivity contribution is 0.248. The van der Waals surface area contributed by atoms with Gasteiger partial charge < -0.3 is 10.5 Å². The molecule has 0 bridgehead atoms. The molecular formula is C15H26N2O. The standard InChI is InChI=1S/C15H26N2O/c1-5-17(10-12(2)3)11-13-6-7-14(9-16)15(8-13)18-4/h6-8,12H,5,9-11,16H2,1-4H3. The fourth-order valence-corrected chi connectivity index (χ4v) is 2.14. The Bertz CT molecular complexity index is 364. The number of nitrogens with two attached hydrogens (primary N) is 1. The summed E-state index contributed by atoms with van der Waals surface area (Å²) in [7, 11) is 1.70. The third-order valence-electron chi connectivity index (χ3n) is 3.05. The Morgan fingerprint density at radius 2 is 2.06 bits per heavy atom. The van der Waals surface area contributed by atoms with Crippen LogP contribution in [0.25, 0.3) is 0 Å². The van der Waals surface area contributed by atoms with Crippen molar-refractivity contribution in [3.05, 3.63) is 29.3 Å². The van der Waals surface area contributed by atoms with E-state index in [-0.39, 0.29) is 0 Å². The molecule has 1 aromatic rings. The maximum Gasteiger partial charge on any atom is 0.123 e. The smallest absolute Gasteiger partial charge is 0.123 e. The predicted molar refractivity (Wildman–Crippen MR) is 76.7 cm³/mol. The van der Waals surface area contributed by atoms with Crippen molar-refractivity contribution in [2.45, 2.75) is 33.9 Å². The molecule has 0 aliphatic carbocycles. The summed E-state index contributed by atoms with van der Waals surface area (Å²) in [4.78, 5) is 2.45. The average molecular weight is 250 g/mol. The van der Waals surface area contributed by atoms with E-state index in [4.69, 9.17) is 10.5 Å². The highest BCUT2D eigenvalue weighted by molar-refractivity contribution is 5.37. The zero-order chi connectivity index (χ0) is 13.5. The first-order valence-corrected chi connectivity index (χ1v) is 6.68. The summed E-state index contributed by atoms with van der Waals surface area (Å²) in [6.45, 7) is 10.4. The van der Waals surface area contributed by atoms with Crippen molar-refractivity contribution < 1.29 is 4.74 Å². The minimum absolute atomic E-state index is 0.521. The molecule has 0 heterocycles. The molecule has 3 heteroatoms. The number of rotatable bonds is 7. The highest BCUT2D eigenvalue weighted by Gasteiger charge is 2.08. The molecule has 0 saturated carbocycles. The van der Waals surface area contributed by atoms with Gasteiger partial charge in [0.25, 0.3) is 0 Å². The fraction of sp³-hybridized carbons (Fsp3) is 0.600. The van der Waals surface area contributed by atoms with Crippen LogP contribution in [0, 0.1) is 5.92 Å². The molecule has 0 radical (unpaired) electrons. The van der Waals surface area contributed by atoms with Gasteiger partial charge in [-0.05, 0) is 24.1 Å². The summed E-state index contributed by atoms with van der Waals surface area (Å²) in [6, 6.07) is 6.32. The molecule has 18 heavy (non-hydrogen) atoms. The Labute approximate surface area is 111 Å². The van der Waals surface area contributed by atoms with E-state index in [9.17, 15) is 0 Å². The third kappa shape index (κ3) is 4.31. The monoisotopic (exact) mass is 250 g/mol. The van der Waals surface area contributed by atoms with Crippen LogP contribution >= 0.6 is 0 Å². The van der Waals surface area contributed by atoms with Gasteiger partial charge in [0.1, 0.15) is 5.75 Å². The topological polar surface area (TPSA) is 38.5 Å². The van der Waals surface area contributed by atoms with Gasteiger partial charge in [-0.3, -0.25) is 4.90 Å².